The second-order valence-corrected chi connectivity index (χ2v) is 7.54. The van der Waals surface area contributed by atoms with Crippen LogP contribution in [0, 0.1) is 0 Å². The average molecular weight is 547 g/mol. The van der Waals surface area contributed by atoms with Crippen molar-refractivity contribution < 1.29 is 0 Å². The van der Waals surface area contributed by atoms with Crippen molar-refractivity contribution in [2.24, 2.45) is 4.99 Å². The molecule has 1 aromatic heterocycles. The third kappa shape index (κ3) is 7.42. The number of hydrogen-bond donors (Lipinski definition) is 2. The number of hydrogen-bond acceptors (Lipinski definition) is 3. The van der Waals surface area contributed by atoms with E-state index in [1.54, 1.807) is 6.20 Å². The Balaban J connectivity index is 0.00000261. The summed E-state index contributed by atoms with van der Waals surface area (Å²) in [7, 11) is 1.83. The molecule has 0 radical (unpaired) electrons. The monoisotopic (exact) mass is 546 g/mol. The highest BCUT2D eigenvalue weighted by Gasteiger charge is 2.19. The molecule has 8 heteroatoms. The van der Waals surface area contributed by atoms with Crippen molar-refractivity contribution in [3.8, 4) is 0 Å². The lowest BCUT2D eigenvalue weighted by atomic mass is 10.0. The molecule has 0 aliphatic carbocycles. The summed E-state index contributed by atoms with van der Waals surface area (Å²) in [5, 5.41) is 6.94. The third-order valence-corrected chi connectivity index (χ3v) is 5.22. The summed E-state index contributed by atoms with van der Waals surface area (Å²) in [5.74, 6) is 0.886. The second kappa shape index (κ2) is 11.7. The van der Waals surface area contributed by atoms with Gasteiger partial charge in [-0.2, -0.15) is 0 Å². The molecule has 27 heavy (non-hydrogen) atoms. The predicted octanol–water partition coefficient (Wildman–Crippen LogP) is 3.09. The molecule has 6 nitrogen and oxygen atoms in total. The van der Waals surface area contributed by atoms with Crippen LogP contribution in [-0.4, -0.2) is 53.1 Å². The van der Waals surface area contributed by atoms with Gasteiger partial charge in [-0.15, -0.1) is 24.0 Å². The molecule has 2 N–H and O–H groups in total. The van der Waals surface area contributed by atoms with E-state index < -0.39 is 0 Å². The maximum absolute atomic E-state index is 4.35. The van der Waals surface area contributed by atoms with Crippen molar-refractivity contribution in [3.05, 3.63) is 53.0 Å². The molecule has 1 fully saturated rings. The first-order valence-electron chi connectivity index (χ1n) is 9.12. The lowest BCUT2D eigenvalue weighted by Gasteiger charge is -2.33. The Morgan fingerprint density at radius 1 is 1.26 bits per heavy atom. The molecule has 3 rings (SSSR count). The Bertz CT molecular complexity index is 681. The molecule has 0 saturated carbocycles. The zero-order chi connectivity index (χ0) is 18.2. The van der Waals surface area contributed by atoms with Gasteiger partial charge in [0, 0.05) is 62.7 Å². The van der Waals surface area contributed by atoms with Crippen LogP contribution >= 0.6 is 39.9 Å². The van der Waals surface area contributed by atoms with Crippen molar-refractivity contribution in [3.63, 3.8) is 0 Å². The fraction of sp³-hybridized carbons (Fsp3) is 0.474. The van der Waals surface area contributed by atoms with Crippen LogP contribution in [0.15, 0.2) is 52.5 Å². The largest absolute Gasteiger partial charge is 0.355 e. The van der Waals surface area contributed by atoms with Crippen molar-refractivity contribution >= 4 is 45.9 Å². The van der Waals surface area contributed by atoms with Crippen molar-refractivity contribution in [2.45, 2.75) is 32.0 Å². The van der Waals surface area contributed by atoms with E-state index in [-0.39, 0.29) is 24.0 Å². The molecular formula is C19H28BrIN6. The normalized spacial score (nSPS) is 16.0. The number of nitrogens with zero attached hydrogens (tertiary/aromatic N) is 4. The minimum atomic E-state index is 0. The van der Waals surface area contributed by atoms with E-state index in [0.29, 0.717) is 6.04 Å². The Labute approximate surface area is 187 Å². The summed E-state index contributed by atoms with van der Waals surface area (Å²) in [6, 6.07) is 9.10. The average Bonchev–Trinajstić information content (AvgIpc) is 3.18. The zero-order valence-corrected chi connectivity index (χ0v) is 19.6. The summed E-state index contributed by atoms with van der Waals surface area (Å²) in [6.07, 6.45) is 7.88. The molecule has 2 aromatic rings. The van der Waals surface area contributed by atoms with Gasteiger partial charge in [-0.3, -0.25) is 9.89 Å². The van der Waals surface area contributed by atoms with Crippen LogP contribution < -0.4 is 10.6 Å². The maximum atomic E-state index is 4.35. The summed E-state index contributed by atoms with van der Waals surface area (Å²) in [6.45, 7) is 4.96. The van der Waals surface area contributed by atoms with Crippen LogP contribution in [-0.2, 0) is 13.1 Å². The van der Waals surface area contributed by atoms with Gasteiger partial charge in [0.2, 0.25) is 0 Å². The lowest BCUT2D eigenvalue weighted by Crippen LogP contribution is -2.48. The number of guanidine groups is 1. The first-order valence-corrected chi connectivity index (χ1v) is 9.92. The van der Waals surface area contributed by atoms with Crippen molar-refractivity contribution in [2.75, 3.05) is 26.7 Å². The van der Waals surface area contributed by atoms with Crippen molar-refractivity contribution in [1.82, 2.24) is 25.1 Å². The molecule has 1 saturated heterocycles. The maximum Gasteiger partial charge on any atom is 0.191 e. The number of rotatable bonds is 6. The minimum absolute atomic E-state index is 0. The molecule has 1 aliphatic rings. The Morgan fingerprint density at radius 2 is 2.00 bits per heavy atom. The second-order valence-electron chi connectivity index (χ2n) is 6.62. The molecule has 0 amide bonds. The van der Waals surface area contributed by atoms with Gasteiger partial charge < -0.3 is 15.2 Å². The number of aliphatic imine (C=N–C) groups is 1. The topological polar surface area (TPSA) is 57.5 Å². The number of halogens is 2. The van der Waals surface area contributed by atoms with E-state index in [9.17, 15) is 0 Å². The molecule has 0 spiro atoms. The molecule has 1 aromatic carbocycles. The van der Waals surface area contributed by atoms with Crippen LogP contribution in [0.5, 0.6) is 0 Å². The number of likely N-dealkylation sites (tertiary alicyclic amines) is 1. The van der Waals surface area contributed by atoms with Gasteiger partial charge in [0.25, 0.3) is 0 Å². The van der Waals surface area contributed by atoms with Gasteiger partial charge in [0.1, 0.15) is 0 Å². The number of imidazole rings is 1. The zero-order valence-electron chi connectivity index (χ0n) is 15.6. The molecular weight excluding hydrogens is 519 g/mol. The van der Waals surface area contributed by atoms with Gasteiger partial charge in [-0.05, 0) is 30.5 Å². The number of benzene rings is 1. The van der Waals surface area contributed by atoms with Gasteiger partial charge in [0.15, 0.2) is 5.96 Å². The van der Waals surface area contributed by atoms with E-state index >= 15 is 0 Å². The van der Waals surface area contributed by atoms with E-state index in [2.05, 4.69) is 70.3 Å². The summed E-state index contributed by atoms with van der Waals surface area (Å²) < 4.78 is 3.19. The van der Waals surface area contributed by atoms with Gasteiger partial charge in [-0.1, -0.05) is 28.1 Å². The Kier molecular flexibility index (Phi) is 9.57. The molecule has 1 aliphatic heterocycles. The van der Waals surface area contributed by atoms with Crippen LogP contribution in [0.4, 0.5) is 0 Å². The van der Waals surface area contributed by atoms with Crippen LogP contribution in [0.25, 0.3) is 0 Å². The summed E-state index contributed by atoms with van der Waals surface area (Å²) in [5.41, 5.74) is 1.37. The molecule has 0 atom stereocenters. The summed E-state index contributed by atoms with van der Waals surface area (Å²) >= 11 is 3.49. The molecule has 148 valence electrons. The van der Waals surface area contributed by atoms with E-state index in [1.165, 1.54) is 5.56 Å². The smallest absolute Gasteiger partial charge is 0.191 e. The van der Waals surface area contributed by atoms with Crippen LogP contribution in [0.1, 0.15) is 18.4 Å². The first-order chi connectivity index (χ1) is 12.7. The van der Waals surface area contributed by atoms with Gasteiger partial charge in [0.05, 0.1) is 6.33 Å². The highest BCUT2D eigenvalue weighted by atomic mass is 127. The van der Waals surface area contributed by atoms with E-state index in [0.717, 1.165) is 56.0 Å². The third-order valence-electron chi connectivity index (χ3n) is 4.69. The van der Waals surface area contributed by atoms with E-state index in [1.807, 2.05) is 19.6 Å². The van der Waals surface area contributed by atoms with Crippen molar-refractivity contribution in [1.29, 1.82) is 0 Å². The summed E-state index contributed by atoms with van der Waals surface area (Å²) in [4.78, 5) is 10.9. The number of piperidine rings is 1. The number of nitrogens with one attached hydrogen (secondary N) is 2. The van der Waals surface area contributed by atoms with Crippen LogP contribution in [0.3, 0.4) is 0 Å². The fourth-order valence-corrected chi connectivity index (χ4v) is 3.46. The predicted molar refractivity (Wildman–Crippen MR) is 125 cm³/mol. The first kappa shape index (κ1) is 22.2. The highest BCUT2D eigenvalue weighted by molar-refractivity contribution is 14.0. The Hall–Kier alpha value is -1.13. The minimum Gasteiger partial charge on any atom is -0.355 e. The SMILES string of the molecule is CN=C(NCCn1ccnc1)NC1CCN(Cc2ccc(Br)cc2)CC1.I. The standard InChI is InChI=1S/C19H27BrN6.HI/c1-21-19(23-9-13-26-12-8-22-15-26)24-18-6-10-25(11-7-18)14-16-2-4-17(20)5-3-16;/h2-5,8,12,15,18H,6-7,9-11,13-14H2,1H3,(H2,21,23,24);1H. The highest BCUT2D eigenvalue weighted by Crippen LogP contribution is 2.16. The van der Waals surface area contributed by atoms with Crippen LogP contribution in [0.2, 0.25) is 0 Å². The molecule has 0 bridgehead atoms. The number of aromatic nitrogens is 2. The lowest BCUT2D eigenvalue weighted by molar-refractivity contribution is 0.198. The quantitative estimate of drug-likeness (QED) is 0.332. The van der Waals surface area contributed by atoms with Gasteiger partial charge >= 0.3 is 0 Å². The molecule has 0 unspecified atom stereocenters. The molecule has 2 heterocycles. The fourth-order valence-electron chi connectivity index (χ4n) is 3.19. The van der Waals surface area contributed by atoms with Gasteiger partial charge in [-0.25, -0.2) is 4.98 Å². The van der Waals surface area contributed by atoms with E-state index in [4.69, 9.17) is 0 Å². The Morgan fingerprint density at radius 3 is 2.63 bits per heavy atom.